The summed E-state index contributed by atoms with van der Waals surface area (Å²) in [5, 5.41) is 8.82. The molecule has 5 rings (SSSR count). The van der Waals surface area contributed by atoms with Gasteiger partial charge in [0.1, 0.15) is 10.0 Å². The summed E-state index contributed by atoms with van der Waals surface area (Å²) in [4.78, 5) is 19.4. The number of fused-ring (bicyclic) bond motifs is 2. The van der Waals surface area contributed by atoms with E-state index >= 15 is 0 Å². The number of hydrogen-bond acceptors (Lipinski definition) is 5. The fraction of sp³-hybridized carbons (Fsp3) is 0.280. The topological polar surface area (TPSA) is 54.0 Å². The minimum absolute atomic E-state index is 0.0609. The van der Waals surface area contributed by atoms with Gasteiger partial charge < -0.3 is 10.6 Å². The SMILES string of the molecule is CC1(C)Cc2c(sc(NC(=O)c3cccc(Br)c3)c2-c2nc3ccccc3s2)C(C)(C)N1. The van der Waals surface area contributed by atoms with Gasteiger partial charge in [0.25, 0.3) is 5.91 Å². The molecule has 32 heavy (non-hydrogen) atoms. The van der Waals surface area contributed by atoms with Gasteiger partial charge in [0.2, 0.25) is 0 Å². The summed E-state index contributed by atoms with van der Waals surface area (Å²) >= 11 is 6.81. The first-order valence-corrected chi connectivity index (χ1v) is 12.9. The number of anilines is 1. The fourth-order valence-electron chi connectivity index (χ4n) is 4.63. The van der Waals surface area contributed by atoms with Crippen LogP contribution >= 0.6 is 38.6 Å². The van der Waals surface area contributed by atoms with Gasteiger partial charge in [-0.05, 0) is 70.0 Å². The van der Waals surface area contributed by atoms with Gasteiger partial charge in [-0.2, -0.15) is 0 Å². The monoisotopic (exact) mass is 525 g/mol. The molecule has 0 aliphatic carbocycles. The molecule has 4 aromatic rings. The zero-order valence-electron chi connectivity index (χ0n) is 18.4. The second-order valence-electron chi connectivity index (χ2n) is 9.38. The summed E-state index contributed by atoms with van der Waals surface area (Å²) in [6.07, 6.45) is 0.875. The lowest BCUT2D eigenvalue weighted by atomic mass is 9.81. The Morgan fingerprint density at radius 3 is 2.62 bits per heavy atom. The minimum atomic E-state index is -0.202. The molecule has 0 radical (unpaired) electrons. The molecule has 0 atom stereocenters. The fourth-order valence-corrected chi connectivity index (χ4v) is 7.41. The number of aromatic nitrogens is 1. The van der Waals surface area contributed by atoms with E-state index in [0.717, 1.165) is 36.7 Å². The number of nitrogens with one attached hydrogen (secondary N) is 2. The van der Waals surface area contributed by atoms with Crippen LogP contribution in [0.15, 0.2) is 53.0 Å². The zero-order valence-corrected chi connectivity index (χ0v) is 21.6. The van der Waals surface area contributed by atoms with Crippen LogP contribution in [0.2, 0.25) is 0 Å². The lowest BCUT2D eigenvalue weighted by Crippen LogP contribution is -2.54. The van der Waals surface area contributed by atoms with Crippen molar-refractivity contribution >= 4 is 59.7 Å². The van der Waals surface area contributed by atoms with E-state index in [2.05, 4.69) is 60.3 Å². The van der Waals surface area contributed by atoms with Crippen LogP contribution in [0.1, 0.15) is 48.5 Å². The molecule has 0 unspecified atom stereocenters. The molecule has 0 bridgehead atoms. The van der Waals surface area contributed by atoms with Gasteiger partial charge in [0, 0.05) is 31.6 Å². The first-order valence-electron chi connectivity index (χ1n) is 10.5. The van der Waals surface area contributed by atoms with Crippen molar-refractivity contribution in [2.75, 3.05) is 5.32 Å². The number of para-hydroxylation sites is 1. The van der Waals surface area contributed by atoms with Crippen molar-refractivity contribution in [3.63, 3.8) is 0 Å². The van der Waals surface area contributed by atoms with Crippen molar-refractivity contribution in [2.24, 2.45) is 0 Å². The molecule has 4 nitrogen and oxygen atoms in total. The Hall–Kier alpha value is -2.06. The highest BCUT2D eigenvalue weighted by Gasteiger charge is 2.41. The highest BCUT2D eigenvalue weighted by molar-refractivity contribution is 9.10. The lowest BCUT2D eigenvalue weighted by molar-refractivity contribution is 0.102. The van der Waals surface area contributed by atoms with E-state index in [9.17, 15) is 4.79 Å². The molecule has 0 spiro atoms. The maximum atomic E-state index is 13.2. The number of thiophene rings is 1. The molecular weight excluding hydrogens is 502 g/mol. The molecule has 2 aromatic carbocycles. The standard InChI is InChI=1S/C25H24BrN3OS2/c1-24(2)13-16-19(22-27-17-10-5-6-11-18(17)31-22)23(32-20(16)25(3,4)29-24)28-21(30)14-8-7-9-15(26)12-14/h5-12,29H,13H2,1-4H3,(H,28,30). The lowest BCUT2D eigenvalue weighted by Gasteiger charge is -2.42. The third kappa shape index (κ3) is 3.92. The number of hydrogen-bond donors (Lipinski definition) is 2. The van der Waals surface area contributed by atoms with Gasteiger partial charge >= 0.3 is 0 Å². The molecule has 0 saturated heterocycles. The smallest absolute Gasteiger partial charge is 0.256 e. The second-order valence-corrected chi connectivity index (χ2v) is 12.3. The summed E-state index contributed by atoms with van der Waals surface area (Å²) in [7, 11) is 0. The third-order valence-corrected chi connectivity index (χ3v) is 8.68. The first kappa shape index (κ1) is 21.8. The maximum Gasteiger partial charge on any atom is 0.256 e. The number of nitrogens with zero attached hydrogens (tertiary/aromatic N) is 1. The molecule has 7 heteroatoms. The number of rotatable bonds is 3. The number of carbonyl (C=O) groups is 1. The van der Waals surface area contributed by atoms with E-state index in [1.54, 1.807) is 22.7 Å². The summed E-state index contributed by atoms with van der Waals surface area (Å²) in [6, 6.07) is 15.7. The van der Waals surface area contributed by atoms with E-state index in [1.165, 1.54) is 10.4 Å². The maximum absolute atomic E-state index is 13.2. The third-order valence-electron chi connectivity index (χ3n) is 5.67. The van der Waals surface area contributed by atoms with Crippen molar-refractivity contribution in [3.8, 4) is 10.6 Å². The average Bonchev–Trinajstić information content (AvgIpc) is 3.27. The molecule has 2 aromatic heterocycles. The molecule has 3 heterocycles. The highest BCUT2D eigenvalue weighted by Crippen LogP contribution is 2.50. The van der Waals surface area contributed by atoms with E-state index in [-0.39, 0.29) is 17.0 Å². The van der Waals surface area contributed by atoms with Crippen LogP contribution in [0.5, 0.6) is 0 Å². The Bertz CT molecular complexity index is 1320. The Morgan fingerprint density at radius 1 is 1.09 bits per heavy atom. The number of benzene rings is 2. The largest absolute Gasteiger partial charge is 0.313 e. The van der Waals surface area contributed by atoms with Gasteiger partial charge in [-0.25, -0.2) is 4.98 Å². The van der Waals surface area contributed by atoms with Gasteiger partial charge in [0.15, 0.2) is 0 Å². The second kappa shape index (κ2) is 7.76. The van der Waals surface area contributed by atoms with Crippen molar-refractivity contribution in [3.05, 3.63) is 69.0 Å². The van der Waals surface area contributed by atoms with Crippen LogP contribution in [0.4, 0.5) is 5.00 Å². The van der Waals surface area contributed by atoms with Crippen LogP contribution in [-0.4, -0.2) is 16.4 Å². The summed E-state index contributed by atoms with van der Waals surface area (Å²) in [5.41, 5.74) is 3.70. The molecule has 1 amide bonds. The highest BCUT2D eigenvalue weighted by atomic mass is 79.9. The number of amides is 1. The molecule has 2 N–H and O–H groups in total. The van der Waals surface area contributed by atoms with Crippen molar-refractivity contribution < 1.29 is 4.79 Å². The van der Waals surface area contributed by atoms with Crippen LogP contribution in [0.25, 0.3) is 20.8 Å². The normalized spacial score (nSPS) is 16.7. The van der Waals surface area contributed by atoms with E-state index in [1.807, 2.05) is 42.5 Å². The van der Waals surface area contributed by atoms with Gasteiger partial charge in [-0.1, -0.05) is 34.1 Å². The predicted molar refractivity (Wildman–Crippen MR) is 139 cm³/mol. The minimum Gasteiger partial charge on any atom is -0.313 e. The Morgan fingerprint density at radius 2 is 1.88 bits per heavy atom. The number of thiazole rings is 1. The molecule has 164 valence electrons. The van der Waals surface area contributed by atoms with Gasteiger partial charge in [-0.15, -0.1) is 22.7 Å². The zero-order chi connectivity index (χ0) is 22.7. The van der Waals surface area contributed by atoms with Gasteiger partial charge in [-0.3, -0.25) is 4.79 Å². The van der Waals surface area contributed by atoms with Crippen LogP contribution in [-0.2, 0) is 12.0 Å². The Balaban J connectivity index is 1.68. The molecule has 0 fully saturated rings. The average molecular weight is 527 g/mol. The van der Waals surface area contributed by atoms with E-state index in [4.69, 9.17) is 4.98 Å². The van der Waals surface area contributed by atoms with Crippen LogP contribution in [0, 0.1) is 0 Å². The Labute approximate surface area is 204 Å². The summed E-state index contributed by atoms with van der Waals surface area (Å²) in [6.45, 7) is 8.89. The quantitative estimate of drug-likeness (QED) is 0.297. The van der Waals surface area contributed by atoms with E-state index in [0.29, 0.717) is 5.56 Å². The predicted octanol–water partition coefficient (Wildman–Crippen LogP) is 7.20. The first-order chi connectivity index (χ1) is 15.1. The van der Waals surface area contributed by atoms with Crippen LogP contribution in [0.3, 0.4) is 0 Å². The van der Waals surface area contributed by atoms with Crippen molar-refractivity contribution in [1.82, 2.24) is 10.3 Å². The van der Waals surface area contributed by atoms with Crippen molar-refractivity contribution in [1.29, 1.82) is 0 Å². The summed E-state index contributed by atoms with van der Waals surface area (Å²) < 4.78 is 2.04. The molecular formula is C25H24BrN3OS2. The van der Waals surface area contributed by atoms with Gasteiger partial charge in [0.05, 0.1) is 10.2 Å². The summed E-state index contributed by atoms with van der Waals surface area (Å²) in [5.74, 6) is -0.114. The molecule has 0 saturated carbocycles. The molecule has 1 aliphatic rings. The molecule has 1 aliphatic heterocycles. The number of halogens is 1. The van der Waals surface area contributed by atoms with Crippen LogP contribution < -0.4 is 10.6 Å². The Kier molecular flexibility index (Phi) is 5.28. The number of carbonyl (C=O) groups excluding carboxylic acids is 1. The van der Waals surface area contributed by atoms with E-state index < -0.39 is 0 Å². The van der Waals surface area contributed by atoms with Crippen molar-refractivity contribution in [2.45, 2.75) is 45.2 Å².